The predicted octanol–water partition coefficient (Wildman–Crippen LogP) is 2.86. The van der Waals surface area contributed by atoms with Crippen LogP contribution in [0.4, 0.5) is 4.39 Å². The lowest BCUT2D eigenvalue weighted by atomic mass is 10.2. The van der Waals surface area contributed by atoms with Crippen molar-refractivity contribution in [3.8, 4) is 5.69 Å². The number of para-hydroxylation sites is 1. The average Bonchev–Trinajstić information content (AvgIpc) is 3.09. The van der Waals surface area contributed by atoms with E-state index in [1.54, 1.807) is 29.7 Å². The fraction of sp³-hybridized carbons (Fsp3) is 0.190. The van der Waals surface area contributed by atoms with Gasteiger partial charge in [0.05, 0.1) is 18.6 Å². The Kier molecular flexibility index (Phi) is 4.43. The van der Waals surface area contributed by atoms with Crippen molar-refractivity contribution in [2.45, 2.75) is 26.9 Å². The highest BCUT2D eigenvalue weighted by Crippen LogP contribution is 2.18. The number of rotatable bonds is 4. The van der Waals surface area contributed by atoms with E-state index in [4.69, 9.17) is 0 Å². The summed E-state index contributed by atoms with van der Waals surface area (Å²) in [5.74, 6) is -0.354. The monoisotopic (exact) mass is 378 g/mol. The van der Waals surface area contributed by atoms with Crippen molar-refractivity contribution < 1.29 is 4.39 Å². The lowest BCUT2D eigenvalue weighted by Crippen LogP contribution is -2.39. The molecule has 0 spiro atoms. The Hall–Kier alpha value is -3.48. The zero-order valence-corrected chi connectivity index (χ0v) is 15.6. The number of nitrogens with zero attached hydrogens (tertiary/aromatic N) is 4. The lowest BCUT2D eigenvalue weighted by molar-refractivity contribution is 0.600. The fourth-order valence-electron chi connectivity index (χ4n) is 3.42. The molecular weight excluding hydrogens is 359 g/mol. The Morgan fingerprint density at radius 2 is 1.75 bits per heavy atom. The first-order valence-corrected chi connectivity index (χ1v) is 9.03. The van der Waals surface area contributed by atoms with Crippen LogP contribution in [-0.2, 0) is 13.1 Å². The van der Waals surface area contributed by atoms with Gasteiger partial charge in [0, 0.05) is 12.1 Å². The third-order valence-electron chi connectivity index (χ3n) is 4.87. The van der Waals surface area contributed by atoms with Crippen LogP contribution < -0.4 is 11.2 Å². The first-order valence-electron chi connectivity index (χ1n) is 9.03. The second kappa shape index (κ2) is 6.92. The van der Waals surface area contributed by atoms with E-state index in [0.29, 0.717) is 11.3 Å². The van der Waals surface area contributed by atoms with E-state index >= 15 is 0 Å². The molecule has 0 aliphatic heterocycles. The van der Waals surface area contributed by atoms with Crippen LogP contribution in [0, 0.1) is 12.7 Å². The molecule has 0 saturated carbocycles. The Balaban J connectivity index is 2.04. The number of hydrogen-bond acceptors (Lipinski definition) is 3. The van der Waals surface area contributed by atoms with Gasteiger partial charge in [0.2, 0.25) is 0 Å². The van der Waals surface area contributed by atoms with Gasteiger partial charge in [0.1, 0.15) is 5.82 Å². The van der Waals surface area contributed by atoms with Crippen LogP contribution >= 0.6 is 0 Å². The molecule has 0 N–H and O–H groups in total. The fourth-order valence-corrected chi connectivity index (χ4v) is 3.42. The van der Waals surface area contributed by atoms with Crippen LogP contribution in [-0.4, -0.2) is 18.7 Å². The topological polar surface area (TPSA) is 61.8 Å². The van der Waals surface area contributed by atoms with E-state index in [2.05, 4.69) is 4.98 Å². The number of imidazole rings is 1. The molecule has 28 heavy (non-hydrogen) atoms. The van der Waals surface area contributed by atoms with Crippen molar-refractivity contribution in [3.05, 3.63) is 92.6 Å². The molecule has 2 aromatic heterocycles. The van der Waals surface area contributed by atoms with E-state index in [-0.39, 0.29) is 30.1 Å². The molecule has 2 heterocycles. The number of hydrogen-bond donors (Lipinski definition) is 0. The maximum Gasteiger partial charge on any atom is 0.337 e. The molecule has 0 radical (unpaired) electrons. The molecule has 0 fully saturated rings. The van der Waals surface area contributed by atoms with Crippen LogP contribution in [0.5, 0.6) is 0 Å². The Labute approximate surface area is 160 Å². The summed E-state index contributed by atoms with van der Waals surface area (Å²) in [5.41, 5.74) is 1.66. The Morgan fingerprint density at radius 3 is 2.46 bits per heavy atom. The van der Waals surface area contributed by atoms with Crippen molar-refractivity contribution >= 4 is 11.2 Å². The van der Waals surface area contributed by atoms with E-state index < -0.39 is 11.2 Å². The van der Waals surface area contributed by atoms with E-state index in [0.717, 1.165) is 5.56 Å². The molecule has 0 saturated heterocycles. The summed E-state index contributed by atoms with van der Waals surface area (Å²) in [5, 5.41) is 0. The maximum absolute atomic E-state index is 14.1. The Morgan fingerprint density at radius 1 is 1.04 bits per heavy atom. The normalized spacial score (nSPS) is 11.2. The van der Waals surface area contributed by atoms with Crippen molar-refractivity contribution in [1.29, 1.82) is 0 Å². The van der Waals surface area contributed by atoms with Crippen LogP contribution in [0.3, 0.4) is 0 Å². The highest BCUT2D eigenvalue weighted by atomic mass is 19.1. The van der Waals surface area contributed by atoms with Gasteiger partial charge >= 0.3 is 5.69 Å². The van der Waals surface area contributed by atoms with Crippen molar-refractivity contribution in [3.63, 3.8) is 0 Å². The first kappa shape index (κ1) is 17.9. The molecule has 142 valence electrons. The largest absolute Gasteiger partial charge is 0.337 e. The van der Waals surface area contributed by atoms with Gasteiger partial charge in [-0.1, -0.05) is 36.4 Å². The van der Waals surface area contributed by atoms with Crippen LogP contribution in [0.1, 0.15) is 18.1 Å². The van der Waals surface area contributed by atoms with Gasteiger partial charge in [-0.3, -0.25) is 9.36 Å². The molecule has 0 bridgehead atoms. The number of fused-ring (bicyclic) bond motifs is 1. The van der Waals surface area contributed by atoms with Crippen molar-refractivity contribution in [2.75, 3.05) is 0 Å². The number of aromatic nitrogens is 4. The molecule has 6 nitrogen and oxygen atoms in total. The number of aryl methyl sites for hydroxylation is 1. The third kappa shape index (κ3) is 2.76. The van der Waals surface area contributed by atoms with E-state index in [9.17, 15) is 14.0 Å². The smallest absolute Gasteiger partial charge is 0.320 e. The van der Waals surface area contributed by atoms with Crippen molar-refractivity contribution in [1.82, 2.24) is 18.7 Å². The van der Waals surface area contributed by atoms with Gasteiger partial charge in [0.25, 0.3) is 5.56 Å². The molecule has 0 aliphatic rings. The van der Waals surface area contributed by atoms with Gasteiger partial charge in [0.15, 0.2) is 11.2 Å². The number of benzene rings is 2. The molecule has 0 atom stereocenters. The summed E-state index contributed by atoms with van der Waals surface area (Å²) >= 11 is 0. The van der Waals surface area contributed by atoms with E-state index in [1.807, 2.05) is 31.2 Å². The van der Waals surface area contributed by atoms with Crippen LogP contribution in [0.15, 0.2) is 64.4 Å². The molecule has 4 rings (SSSR count). The zero-order valence-electron chi connectivity index (χ0n) is 15.6. The van der Waals surface area contributed by atoms with Gasteiger partial charge < -0.3 is 4.57 Å². The summed E-state index contributed by atoms with van der Waals surface area (Å²) in [4.78, 5) is 30.4. The van der Waals surface area contributed by atoms with Gasteiger partial charge in [-0.05, 0) is 31.5 Å². The SMILES string of the molecule is CCn1c(=O)c2c(ncn2Cc2ccccc2F)n(-c2ccccc2C)c1=O. The predicted molar refractivity (Wildman–Crippen MR) is 106 cm³/mol. The number of halogens is 1. The molecule has 7 heteroatoms. The molecular formula is C21H19FN4O2. The average molecular weight is 378 g/mol. The van der Waals surface area contributed by atoms with E-state index in [1.165, 1.54) is 21.5 Å². The van der Waals surface area contributed by atoms with Crippen molar-refractivity contribution in [2.24, 2.45) is 0 Å². The molecule has 0 amide bonds. The summed E-state index contributed by atoms with van der Waals surface area (Å²) in [6.45, 7) is 4.01. The molecule has 0 unspecified atom stereocenters. The van der Waals surface area contributed by atoms with Gasteiger partial charge in [-0.15, -0.1) is 0 Å². The minimum Gasteiger partial charge on any atom is -0.320 e. The minimum atomic E-state index is -0.439. The summed E-state index contributed by atoms with van der Waals surface area (Å²) in [7, 11) is 0. The van der Waals surface area contributed by atoms with Crippen LogP contribution in [0.25, 0.3) is 16.9 Å². The lowest BCUT2D eigenvalue weighted by Gasteiger charge is -2.13. The molecule has 4 aromatic rings. The zero-order chi connectivity index (χ0) is 19.8. The van der Waals surface area contributed by atoms with Gasteiger partial charge in [-0.25, -0.2) is 18.7 Å². The quantitative estimate of drug-likeness (QED) is 0.549. The highest BCUT2D eigenvalue weighted by Gasteiger charge is 2.19. The maximum atomic E-state index is 14.1. The highest BCUT2D eigenvalue weighted by molar-refractivity contribution is 5.73. The minimum absolute atomic E-state index is 0.147. The molecule has 0 aliphatic carbocycles. The first-order chi connectivity index (χ1) is 13.5. The Bertz CT molecular complexity index is 1300. The van der Waals surface area contributed by atoms with Gasteiger partial charge in [-0.2, -0.15) is 0 Å². The van der Waals surface area contributed by atoms with Crippen LogP contribution in [0.2, 0.25) is 0 Å². The second-order valence-electron chi connectivity index (χ2n) is 6.59. The summed E-state index contributed by atoms with van der Waals surface area (Å²) in [6.07, 6.45) is 1.48. The summed E-state index contributed by atoms with van der Waals surface area (Å²) < 4.78 is 18.3. The molecule has 2 aromatic carbocycles. The standard InChI is InChI=1S/C21H19FN4O2/c1-3-25-20(27)18-19(26(21(25)28)17-11-7-4-8-14(17)2)23-13-24(18)12-15-9-5-6-10-16(15)22/h4-11,13H,3,12H2,1-2H3. The summed E-state index contributed by atoms with van der Waals surface area (Å²) in [6, 6.07) is 13.8. The second-order valence-corrected chi connectivity index (χ2v) is 6.59. The third-order valence-corrected chi connectivity index (χ3v) is 4.87.